The van der Waals surface area contributed by atoms with E-state index in [1.54, 1.807) is 42.6 Å². The van der Waals surface area contributed by atoms with E-state index in [1.807, 2.05) is 37.3 Å². The van der Waals surface area contributed by atoms with E-state index in [1.165, 1.54) is 4.57 Å². The summed E-state index contributed by atoms with van der Waals surface area (Å²) in [6.07, 6.45) is 2.35. The van der Waals surface area contributed by atoms with Crippen LogP contribution in [-0.4, -0.2) is 30.2 Å². The molecule has 0 fully saturated rings. The third-order valence-corrected chi connectivity index (χ3v) is 5.60. The molecule has 2 aromatic heterocycles. The van der Waals surface area contributed by atoms with Gasteiger partial charge in [0.25, 0.3) is 0 Å². The Morgan fingerprint density at radius 1 is 1.00 bits per heavy atom. The molecule has 190 valence electrons. The first kappa shape index (κ1) is 25.4. The molecule has 10 heteroatoms. The number of carbonyl (C=O) groups is 1. The van der Waals surface area contributed by atoms with Crippen molar-refractivity contribution in [2.75, 3.05) is 0 Å². The quantitative estimate of drug-likeness (QED) is 0.320. The van der Waals surface area contributed by atoms with Crippen LogP contribution in [0.4, 0.5) is 5.69 Å². The number of nitrogens with zero attached hydrogens (tertiary/aromatic N) is 4. The number of aryl methyl sites for hydroxylation is 1. The number of carboxylic acid groups (broad SMARTS) is 1. The van der Waals surface area contributed by atoms with Gasteiger partial charge in [0.1, 0.15) is 5.75 Å². The summed E-state index contributed by atoms with van der Waals surface area (Å²) in [7, 11) is 0. The normalized spacial score (nSPS) is 11.4. The fraction of sp³-hybridized carbons (Fsp3) is 0.222. The highest BCUT2D eigenvalue weighted by Gasteiger charge is 2.10. The largest absolute Gasteiger partial charge is 0.481 e. The van der Waals surface area contributed by atoms with E-state index in [-0.39, 0.29) is 25.1 Å². The Kier molecular flexibility index (Phi) is 8.09. The smallest absolute Gasteiger partial charge is 0.335 e. The van der Waals surface area contributed by atoms with Gasteiger partial charge in [0, 0.05) is 25.2 Å². The van der Waals surface area contributed by atoms with Gasteiger partial charge in [-0.15, -0.1) is 0 Å². The molecule has 0 aliphatic rings. The minimum absolute atomic E-state index is 0.0243. The van der Waals surface area contributed by atoms with E-state index in [0.717, 1.165) is 15.7 Å². The molecule has 0 atom stereocenters. The van der Waals surface area contributed by atoms with Crippen LogP contribution in [0.1, 0.15) is 30.4 Å². The number of unbranched alkanes of at least 4 members (excludes halogenated alkanes) is 1. The van der Waals surface area contributed by atoms with E-state index in [9.17, 15) is 14.4 Å². The predicted octanol–water partition coefficient (Wildman–Crippen LogP) is 3.37. The van der Waals surface area contributed by atoms with Crippen LogP contribution in [0.3, 0.4) is 0 Å². The van der Waals surface area contributed by atoms with E-state index in [2.05, 4.69) is 15.0 Å². The lowest BCUT2D eigenvalue weighted by molar-refractivity contribution is -0.137. The Hall–Kier alpha value is -4.73. The summed E-state index contributed by atoms with van der Waals surface area (Å²) in [5.41, 5.74) is 1.45. The average Bonchev–Trinajstić information content (AvgIpc) is 2.88. The number of hydrogen-bond donors (Lipinski definition) is 2. The molecule has 0 saturated heterocycles. The molecule has 10 nitrogen and oxygen atoms in total. The molecule has 0 amide bonds. The molecule has 4 rings (SSSR count). The topological polar surface area (TPSA) is 132 Å². The molecule has 0 spiro atoms. The third kappa shape index (κ3) is 6.91. The second kappa shape index (κ2) is 11.8. The van der Waals surface area contributed by atoms with Crippen molar-refractivity contribution in [3.63, 3.8) is 0 Å². The predicted molar refractivity (Wildman–Crippen MR) is 137 cm³/mol. The van der Waals surface area contributed by atoms with Crippen LogP contribution in [0, 0.1) is 6.92 Å². The second-order valence-corrected chi connectivity index (χ2v) is 8.49. The van der Waals surface area contributed by atoms with Gasteiger partial charge >= 0.3 is 17.3 Å². The van der Waals surface area contributed by atoms with E-state index in [0.29, 0.717) is 30.2 Å². The molecule has 0 saturated carbocycles. The number of rotatable bonds is 10. The van der Waals surface area contributed by atoms with Crippen molar-refractivity contribution in [1.82, 2.24) is 19.1 Å². The van der Waals surface area contributed by atoms with Gasteiger partial charge in [-0.1, -0.05) is 35.9 Å². The van der Waals surface area contributed by atoms with Gasteiger partial charge in [-0.25, -0.2) is 24.1 Å². The number of aromatic nitrogens is 4. The average molecular weight is 502 g/mol. The number of ether oxygens (including phenoxy) is 1. The molecule has 37 heavy (non-hydrogen) atoms. The van der Waals surface area contributed by atoms with Crippen molar-refractivity contribution in [2.24, 2.45) is 4.99 Å². The SMILES string of the molecule is Cc1ccc(Cn2c(=O)n(CCCCC(=O)O)c(=O)[nH]/c2=N\c2ccc(Oc3ccccn3)cc2)cc1. The Bertz CT molecular complexity index is 1540. The summed E-state index contributed by atoms with van der Waals surface area (Å²) in [6, 6.07) is 20.0. The Morgan fingerprint density at radius 3 is 2.43 bits per heavy atom. The third-order valence-electron chi connectivity index (χ3n) is 5.60. The zero-order chi connectivity index (χ0) is 26.2. The molecule has 0 bridgehead atoms. The molecule has 0 unspecified atom stereocenters. The molecular formula is C27H27N5O5. The number of aliphatic carboxylic acids is 1. The first-order valence-corrected chi connectivity index (χ1v) is 11.8. The highest BCUT2D eigenvalue weighted by Crippen LogP contribution is 2.22. The summed E-state index contributed by atoms with van der Waals surface area (Å²) in [5, 5.41) is 8.85. The van der Waals surface area contributed by atoms with Crippen molar-refractivity contribution in [3.8, 4) is 11.6 Å². The molecular weight excluding hydrogens is 474 g/mol. The summed E-state index contributed by atoms with van der Waals surface area (Å²) >= 11 is 0. The van der Waals surface area contributed by atoms with Crippen LogP contribution in [0.2, 0.25) is 0 Å². The second-order valence-electron chi connectivity index (χ2n) is 8.49. The van der Waals surface area contributed by atoms with Crippen molar-refractivity contribution in [2.45, 2.75) is 39.3 Å². The van der Waals surface area contributed by atoms with Gasteiger partial charge in [-0.3, -0.25) is 14.3 Å². The van der Waals surface area contributed by atoms with Crippen LogP contribution >= 0.6 is 0 Å². The number of aromatic amines is 1. The van der Waals surface area contributed by atoms with Gasteiger partial charge in [0.2, 0.25) is 11.5 Å². The number of H-pyrrole nitrogens is 1. The Labute approximate surface area is 212 Å². The Morgan fingerprint density at radius 2 is 1.76 bits per heavy atom. The van der Waals surface area contributed by atoms with Crippen molar-refractivity contribution in [3.05, 3.63) is 111 Å². The van der Waals surface area contributed by atoms with Gasteiger partial charge < -0.3 is 9.84 Å². The standard InChI is InChI=1S/C27H27N5O5/c1-19-8-10-20(11-9-19)18-32-25(30-26(35)31(27(32)36)17-5-3-7-24(33)34)29-21-12-14-22(15-13-21)37-23-6-2-4-16-28-23/h2,4,6,8-16H,3,5,7,17-18H2,1H3,(H,33,34)(H,29,30,35). The zero-order valence-electron chi connectivity index (χ0n) is 20.3. The summed E-state index contributed by atoms with van der Waals surface area (Å²) in [4.78, 5) is 48.3. The lowest BCUT2D eigenvalue weighted by Crippen LogP contribution is -2.50. The van der Waals surface area contributed by atoms with E-state index < -0.39 is 17.3 Å². The Balaban J connectivity index is 1.68. The molecule has 0 radical (unpaired) electrons. The van der Waals surface area contributed by atoms with Gasteiger partial charge in [-0.2, -0.15) is 0 Å². The minimum atomic E-state index is -0.915. The van der Waals surface area contributed by atoms with Crippen LogP contribution in [-0.2, 0) is 17.9 Å². The molecule has 2 N–H and O–H groups in total. The maximum Gasteiger partial charge on any atom is 0.335 e. The number of pyridine rings is 1. The van der Waals surface area contributed by atoms with E-state index >= 15 is 0 Å². The molecule has 2 heterocycles. The first-order valence-electron chi connectivity index (χ1n) is 11.8. The first-order chi connectivity index (χ1) is 17.9. The number of benzene rings is 2. The molecule has 0 aliphatic carbocycles. The molecule has 2 aromatic carbocycles. The van der Waals surface area contributed by atoms with Crippen molar-refractivity contribution in [1.29, 1.82) is 0 Å². The highest BCUT2D eigenvalue weighted by molar-refractivity contribution is 5.66. The number of carboxylic acids is 1. The van der Waals surface area contributed by atoms with Crippen LogP contribution in [0.5, 0.6) is 11.6 Å². The molecule has 4 aromatic rings. The lowest BCUT2D eigenvalue weighted by Gasteiger charge is -2.11. The fourth-order valence-electron chi connectivity index (χ4n) is 3.64. The highest BCUT2D eigenvalue weighted by atomic mass is 16.5. The maximum atomic E-state index is 13.4. The van der Waals surface area contributed by atoms with Crippen LogP contribution < -0.4 is 21.7 Å². The number of hydrogen-bond acceptors (Lipinski definition) is 6. The monoisotopic (exact) mass is 501 g/mol. The zero-order valence-corrected chi connectivity index (χ0v) is 20.3. The van der Waals surface area contributed by atoms with Gasteiger partial charge in [0.15, 0.2) is 0 Å². The van der Waals surface area contributed by atoms with Crippen LogP contribution in [0.15, 0.2) is 87.5 Å². The molecule has 0 aliphatic heterocycles. The summed E-state index contributed by atoms with van der Waals surface area (Å²) in [6.45, 7) is 2.28. The number of nitrogens with one attached hydrogen (secondary N) is 1. The lowest BCUT2D eigenvalue weighted by atomic mass is 10.1. The van der Waals surface area contributed by atoms with Crippen LogP contribution in [0.25, 0.3) is 0 Å². The fourth-order valence-corrected chi connectivity index (χ4v) is 3.64. The van der Waals surface area contributed by atoms with Crippen molar-refractivity contribution >= 4 is 11.7 Å². The van der Waals surface area contributed by atoms with E-state index in [4.69, 9.17) is 9.84 Å². The van der Waals surface area contributed by atoms with Gasteiger partial charge in [-0.05, 0) is 55.7 Å². The van der Waals surface area contributed by atoms with Crippen molar-refractivity contribution < 1.29 is 14.6 Å². The maximum absolute atomic E-state index is 13.4. The minimum Gasteiger partial charge on any atom is -0.481 e. The summed E-state index contributed by atoms with van der Waals surface area (Å²) < 4.78 is 8.19. The van der Waals surface area contributed by atoms with Gasteiger partial charge in [0.05, 0.1) is 12.2 Å². The summed E-state index contributed by atoms with van der Waals surface area (Å²) in [5.74, 6) is 0.108.